The number of thiazole rings is 1. The number of hydrogen-bond donors (Lipinski definition) is 0. The van der Waals surface area contributed by atoms with Crippen LogP contribution in [0, 0.1) is 0 Å². The highest BCUT2D eigenvalue weighted by atomic mass is 35.5. The summed E-state index contributed by atoms with van der Waals surface area (Å²) in [6, 6.07) is 22.4. The maximum atomic E-state index is 14.0. The zero-order valence-corrected chi connectivity index (χ0v) is 24.6. The smallest absolute Gasteiger partial charge is 0.338 e. The third-order valence-electron chi connectivity index (χ3n) is 7.09. The molecule has 0 saturated carbocycles. The van der Waals surface area contributed by atoms with Crippen molar-refractivity contribution in [2.75, 3.05) is 6.61 Å². The van der Waals surface area contributed by atoms with Crippen molar-refractivity contribution in [3.8, 4) is 0 Å². The van der Waals surface area contributed by atoms with Crippen LogP contribution in [0.5, 0.6) is 0 Å². The summed E-state index contributed by atoms with van der Waals surface area (Å²) in [5.41, 5.74) is 4.36. The molecule has 0 saturated heterocycles. The molecule has 3 aromatic carbocycles. The van der Waals surface area contributed by atoms with Crippen molar-refractivity contribution in [3.05, 3.63) is 137 Å². The van der Waals surface area contributed by atoms with Gasteiger partial charge < -0.3 is 9.30 Å². The van der Waals surface area contributed by atoms with Gasteiger partial charge in [-0.15, -0.1) is 0 Å². The van der Waals surface area contributed by atoms with Gasteiger partial charge in [-0.05, 0) is 49.2 Å². The molecule has 0 aliphatic carbocycles. The normalized spacial score (nSPS) is 15.2. The SMILES string of the molecule is CCOC(=O)C1=C(C)N=c2s/c(=C\c3cn(Cc4ccc(Cl)cc4Cl)c4ccccc34)c(=O)n2[C@@H]1c1ccccc1. The van der Waals surface area contributed by atoms with Crippen LogP contribution in [0.15, 0.2) is 100 Å². The highest BCUT2D eigenvalue weighted by Gasteiger charge is 2.33. The average molecular weight is 603 g/mol. The van der Waals surface area contributed by atoms with Crippen LogP contribution >= 0.6 is 34.5 Å². The predicted molar refractivity (Wildman–Crippen MR) is 164 cm³/mol. The molecule has 5 aromatic rings. The minimum Gasteiger partial charge on any atom is -0.463 e. The van der Waals surface area contributed by atoms with Gasteiger partial charge in [-0.25, -0.2) is 9.79 Å². The van der Waals surface area contributed by atoms with E-state index in [1.54, 1.807) is 24.5 Å². The molecule has 0 spiro atoms. The lowest BCUT2D eigenvalue weighted by atomic mass is 9.96. The van der Waals surface area contributed by atoms with Gasteiger partial charge in [0.25, 0.3) is 5.56 Å². The number of halogens is 2. The van der Waals surface area contributed by atoms with Crippen LogP contribution in [0.25, 0.3) is 17.0 Å². The number of esters is 1. The molecule has 6 rings (SSSR count). The maximum absolute atomic E-state index is 14.0. The number of ether oxygens (including phenoxy) is 1. The quantitative estimate of drug-likeness (QED) is 0.221. The fourth-order valence-corrected chi connectivity index (χ4v) is 6.74. The van der Waals surface area contributed by atoms with Crippen LogP contribution in [0.4, 0.5) is 0 Å². The van der Waals surface area contributed by atoms with Gasteiger partial charge in [0.05, 0.1) is 28.5 Å². The average Bonchev–Trinajstić information content (AvgIpc) is 3.46. The number of fused-ring (bicyclic) bond motifs is 2. The minimum atomic E-state index is -0.637. The summed E-state index contributed by atoms with van der Waals surface area (Å²) in [6.07, 6.45) is 3.93. The number of carbonyl (C=O) groups excluding carboxylic acids is 1. The van der Waals surface area contributed by atoms with E-state index in [-0.39, 0.29) is 12.2 Å². The van der Waals surface area contributed by atoms with E-state index in [0.29, 0.717) is 37.2 Å². The van der Waals surface area contributed by atoms with Gasteiger partial charge in [0.1, 0.15) is 0 Å². The van der Waals surface area contributed by atoms with Crippen molar-refractivity contribution in [1.82, 2.24) is 9.13 Å². The molecule has 9 heteroatoms. The molecule has 0 radical (unpaired) electrons. The van der Waals surface area contributed by atoms with Crippen LogP contribution in [0.2, 0.25) is 10.0 Å². The predicted octanol–water partition coefficient (Wildman–Crippen LogP) is 6.11. The summed E-state index contributed by atoms with van der Waals surface area (Å²) >= 11 is 13.9. The van der Waals surface area contributed by atoms with Crippen molar-refractivity contribution in [1.29, 1.82) is 0 Å². The van der Waals surface area contributed by atoms with E-state index in [0.717, 1.165) is 27.6 Å². The van der Waals surface area contributed by atoms with Crippen LogP contribution in [0.1, 0.15) is 36.6 Å². The van der Waals surface area contributed by atoms with Gasteiger partial charge in [0.15, 0.2) is 4.80 Å². The lowest BCUT2D eigenvalue weighted by molar-refractivity contribution is -0.139. The molecular formula is C32H25Cl2N3O3S. The first-order valence-corrected chi connectivity index (χ1v) is 14.7. The Morgan fingerprint density at radius 3 is 2.59 bits per heavy atom. The van der Waals surface area contributed by atoms with E-state index in [2.05, 4.69) is 9.56 Å². The summed E-state index contributed by atoms with van der Waals surface area (Å²) in [5, 5.41) is 2.19. The number of benzene rings is 3. The van der Waals surface area contributed by atoms with Gasteiger partial charge >= 0.3 is 5.97 Å². The Kier molecular flexibility index (Phi) is 7.43. The van der Waals surface area contributed by atoms with Crippen LogP contribution in [0.3, 0.4) is 0 Å². The number of aromatic nitrogens is 2. The fourth-order valence-electron chi connectivity index (χ4n) is 5.24. The number of nitrogens with zero attached hydrogens (tertiary/aromatic N) is 3. The van der Waals surface area contributed by atoms with Crippen molar-refractivity contribution in [2.24, 2.45) is 4.99 Å². The van der Waals surface area contributed by atoms with Gasteiger partial charge in [-0.3, -0.25) is 9.36 Å². The molecule has 3 heterocycles. The summed E-state index contributed by atoms with van der Waals surface area (Å²) in [4.78, 5) is 32.3. The van der Waals surface area contributed by atoms with Gasteiger partial charge in [-0.1, -0.05) is 89.1 Å². The van der Waals surface area contributed by atoms with Crippen molar-refractivity contribution in [3.63, 3.8) is 0 Å². The fraction of sp³-hybridized carbons (Fsp3) is 0.156. The third kappa shape index (κ3) is 5.05. The molecule has 0 fully saturated rings. The molecule has 0 N–H and O–H groups in total. The first-order valence-electron chi connectivity index (χ1n) is 13.1. The van der Waals surface area contributed by atoms with Crippen molar-refractivity contribution in [2.45, 2.75) is 26.4 Å². The molecule has 206 valence electrons. The lowest BCUT2D eigenvalue weighted by Crippen LogP contribution is -2.39. The first kappa shape index (κ1) is 27.3. The molecule has 0 unspecified atom stereocenters. The first-order chi connectivity index (χ1) is 19.9. The number of hydrogen-bond acceptors (Lipinski definition) is 5. The second-order valence-electron chi connectivity index (χ2n) is 9.68. The number of carbonyl (C=O) groups is 1. The molecule has 1 atom stereocenters. The van der Waals surface area contributed by atoms with Crippen LogP contribution in [-0.2, 0) is 16.1 Å². The Labute approximate surface area is 250 Å². The standard InChI is InChI=1S/C32H25Cl2N3O3S/c1-3-40-31(39)28-19(2)35-32-37(29(28)20-9-5-4-6-10-20)30(38)27(41-32)15-22-18-36(26-12-8-7-11-24(22)26)17-21-13-14-23(33)16-25(21)34/h4-16,18,29H,3,17H2,1-2H3/b27-15-/t29-/m1/s1. The van der Waals surface area contributed by atoms with Gasteiger partial charge in [0.2, 0.25) is 0 Å². The highest BCUT2D eigenvalue weighted by molar-refractivity contribution is 7.07. The van der Waals surface area contributed by atoms with E-state index in [9.17, 15) is 9.59 Å². The summed E-state index contributed by atoms with van der Waals surface area (Å²) in [5.74, 6) is -0.471. The summed E-state index contributed by atoms with van der Waals surface area (Å²) in [7, 11) is 0. The van der Waals surface area contributed by atoms with Crippen LogP contribution < -0.4 is 14.9 Å². The maximum Gasteiger partial charge on any atom is 0.338 e. The third-order valence-corrected chi connectivity index (χ3v) is 8.66. The Morgan fingerprint density at radius 1 is 1.07 bits per heavy atom. The molecule has 41 heavy (non-hydrogen) atoms. The Hall–Kier alpha value is -3.91. The van der Waals surface area contributed by atoms with Gasteiger partial charge in [0, 0.05) is 39.3 Å². The summed E-state index contributed by atoms with van der Waals surface area (Å²) < 4.78 is 9.63. The van der Waals surface area contributed by atoms with Gasteiger partial charge in [-0.2, -0.15) is 0 Å². The Morgan fingerprint density at radius 2 is 1.83 bits per heavy atom. The second kappa shape index (κ2) is 11.2. The summed E-state index contributed by atoms with van der Waals surface area (Å²) in [6.45, 7) is 4.32. The van der Waals surface area contributed by atoms with E-state index < -0.39 is 12.0 Å². The van der Waals surface area contributed by atoms with Crippen LogP contribution in [-0.4, -0.2) is 21.7 Å². The monoisotopic (exact) mass is 601 g/mol. The zero-order valence-electron chi connectivity index (χ0n) is 22.3. The number of rotatable bonds is 6. The topological polar surface area (TPSA) is 65.6 Å². The number of para-hydroxylation sites is 1. The minimum absolute atomic E-state index is 0.213. The largest absolute Gasteiger partial charge is 0.463 e. The Bertz CT molecular complexity index is 2020. The molecule has 1 aliphatic rings. The van der Waals surface area contributed by atoms with E-state index in [1.165, 1.54) is 11.3 Å². The second-order valence-corrected chi connectivity index (χ2v) is 11.5. The molecule has 0 bridgehead atoms. The lowest BCUT2D eigenvalue weighted by Gasteiger charge is -2.24. The van der Waals surface area contributed by atoms with E-state index >= 15 is 0 Å². The number of allylic oxidation sites excluding steroid dienone is 1. The van der Waals surface area contributed by atoms with E-state index in [1.807, 2.05) is 79.0 Å². The Balaban J connectivity index is 1.51. The molecule has 1 aliphatic heterocycles. The molecular weight excluding hydrogens is 577 g/mol. The van der Waals surface area contributed by atoms with E-state index in [4.69, 9.17) is 27.9 Å². The molecule has 2 aromatic heterocycles. The van der Waals surface area contributed by atoms with Crippen molar-refractivity contribution >= 4 is 57.5 Å². The highest BCUT2D eigenvalue weighted by Crippen LogP contribution is 2.31. The van der Waals surface area contributed by atoms with Crippen molar-refractivity contribution < 1.29 is 9.53 Å². The molecule has 6 nitrogen and oxygen atoms in total. The molecule has 0 amide bonds. The zero-order chi connectivity index (χ0) is 28.7.